The fourth-order valence-corrected chi connectivity index (χ4v) is 3.57. The first-order valence-corrected chi connectivity index (χ1v) is 9.65. The van der Waals surface area contributed by atoms with Crippen molar-refractivity contribution in [3.63, 3.8) is 0 Å². The number of methoxy groups -OCH3 is 1. The fourth-order valence-electron chi connectivity index (χ4n) is 3.57. The van der Waals surface area contributed by atoms with E-state index < -0.39 is 0 Å². The molecule has 1 amide bonds. The molecule has 0 spiro atoms. The third-order valence-electron chi connectivity index (χ3n) is 5.12. The van der Waals surface area contributed by atoms with Gasteiger partial charge in [-0.3, -0.25) is 9.59 Å². The van der Waals surface area contributed by atoms with Gasteiger partial charge in [-0.25, -0.2) is 4.98 Å². The molecule has 1 aliphatic rings. The van der Waals surface area contributed by atoms with Gasteiger partial charge in [-0.1, -0.05) is 36.4 Å². The maximum absolute atomic E-state index is 12.6. The summed E-state index contributed by atoms with van der Waals surface area (Å²) in [5.41, 5.74) is 1.64. The number of amides is 1. The highest BCUT2D eigenvalue weighted by Crippen LogP contribution is 2.29. The van der Waals surface area contributed by atoms with Crippen molar-refractivity contribution in [2.45, 2.75) is 32.0 Å². The zero-order chi connectivity index (χ0) is 20.2. The van der Waals surface area contributed by atoms with Gasteiger partial charge in [0.15, 0.2) is 6.10 Å². The smallest absolute Gasteiger partial charge is 0.250 e. The van der Waals surface area contributed by atoms with Crippen LogP contribution in [-0.2, 0) is 29.0 Å². The van der Waals surface area contributed by atoms with Crippen molar-refractivity contribution >= 4 is 5.91 Å². The summed E-state index contributed by atoms with van der Waals surface area (Å²) in [6.07, 6.45) is 2.21. The first-order valence-electron chi connectivity index (χ1n) is 9.65. The number of nitrogens with zero attached hydrogens (tertiary/aromatic N) is 3. The number of carbonyl (C=O) groups is 1. The second kappa shape index (κ2) is 8.45. The molecule has 3 aromatic rings. The molecule has 2 aromatic heterocycles. The molecule has 150 valence electrons. The van der Waals surface area contributed by atoms with E-state index in [1.54, 1.807) is 34.9 Å². The molecule has 29 heavy (non-hydrogen) atoms. The minimum atomic E-state index is -0.379. The summed E-state index contributed by atoms with van der Waals surface area (Å²) in [5.74, 6) is 1.32. The van der Waals surface area contributed by atoms with Crippen molar-refractivity contribution in [2.75, 3.05) is 13.7 Å². The molecule has 7 heteroatoms. The standard InChI is InChI=1S/C22H23N3O4/c1-28-21(16-7-3-2-4-8-16)22-23-17-15-25(13-10-18(17)29-22)20(27)11-14-24-12-6-5-9-19(24)26/h2-9,12,21H,10-11,13-15H2,1H3. The van der Waals surface area contributed by atoms with Crippen molar-refractivity contribution in [3.05, 3.63) is 88.0 Å². The zero-order valence-corrected chi connectivity index (χ0v) is 16.3. The van der Waals surface area contributed by atoms with E-state index in [2.05, 4.69) is 4.98 Å². The molecule has 0 saturated heterocycles. The molecule has 1 aliphatic heterocycles. The van der Waals surface area contributed by atoms with Crippen LogP contribution in [0.25, 0.3) is 0 Å². The Balaban J connectivity index is 1.44. The van der Waals surface area contributed by atoms with Crippen LogP contribution >= 0.6 is 0 Å². The van der Waals surface area contributed by atoms with Gasteiger partial charge in [0, 0.05) is 45.3 Å². The predicted molar refractivity (Wildman–Crippen MR) is 106 cm³/mol. The number of carbonyl (C=O) groups excluding carboxylic acids is 1. The maximum Gasteiger partial charge on any atom is 0.250 e. The highest BCUT2D eigenvalue weighted by Gasteiger charge is 2.28. The third-order valence-corrected chi connectivity index (χ3v) is 5.12. The number of ether oxygens (including phenoxy) is 1. The van der Waals surface area contributed by atoms with E-state index in [4.69, 9.17) is 9.15 Å². The van der Waals surface area contributed by atoms with E-state index in [0.29, 0.717) is 31.9 Å². The Kier molecular flexibility index (Phi) is 5.57. The van der Waals surface area contributed by atoms with Gasteiger partial charge in [0.05, 0.1) is 6.54 Å². The van der Waals surface area contributed by atoms with E-state index in [1.165, 1.54) is 6.07 Å². The average Bonchev–Trinajstić information content (AvgIpc) is 3.17. The van der Waals surface area contributed by atoms with Crippen LogP contribution in [0.1, 0.15) is 35.4 Å². The van der Waals surface area contributed by atoms with Crippen LogP contribution < -0.4 is 5.56 Å². The minimum absolute atomic E-state index is 0.00213. The molecule has 4 rings (SSSR count). The second-order valence-corrected chi connectivity index (χ2v) is 7.00. The summed E-state index contributed by atoms with van der Waals surface area (Å²) >= 11 is 0. The summed E-state index contributed by atoms with van der Waals surface area (Å²) in [6, 6.07) is 14.8. The van der Waals surface area contributed by atoms with Gasteiger partial charge in [0.2, 0.25) is 11.8 Å². The monoisotopic (exact) mass is 393 g/mol. The van der Waals surface area contributed by atoms with E-state index in [9.17, 15) is 9.59 Å². The van der Waals surface area contributed by atoms with Gasteiger partial charge in [0.1, 0.15) is 11.5 Å². The Bertz CT molecular complexity index is 1040. The van der Waals surface area contributed by atoms with Crippen LogP contribution in [0.15, 0.2) is 63.9 Å². The van der Waals surface area contributed by atoms with Crippen LogP contribution in [0.2, 0.25) is 0 Å². The Morgan fingerprint density at radius 2 is 2.00 bits per heavy atom. The number of fused-ring (bicyclic) bond motifs is 1. The SMILES string of the molecule is COC(c1ccccc1)c1nc2c(o1)CCN(C(=O)CCn1ccccc1=O)C2. The first kappa shape index (κ1) is 19.1. The van der Waals surface area contributed by atoms with Gasteiger partial charge >= 0.3 is 0 Å². The van der Waals surface area contributed by atoms with Crippen LogP contribution in [0.3, 0.4) is 0 Å². The van der Waals surface area contributed by atoms with Crippen LogP contribution in [0.5, 0.6) is 0 Å². The van der Waals surface area contributed by atoms with Gasteiger partial charge < -0.3 is 18.6 Å². The molecule has 0 radical (unpaired) electrons. The summed E-state index contributed by atoms with van der Waals surface area (Å²) in [7, 11) is 1.63. The number of aryl methyl sites for hydroxylation is 1. The number of rotatable bonds is 6. The molecule has 1 atom stereocenters. The van der Waals surface area contributed by atoms with Gasteiger partial charge in [0.25, 0.3) is 5.56 Å². The number of pyridine rings is 1. The Labute approximate surface area is 168 Å². The van der Waals surface area contributed by atoms with Crippen LogP contribution in [0, 0.1) is 0 Å². The van der Waals surface area contributed by atoms with Crippen LogP contribution in [0.4, 0.5) is 0 Å². The minimum Gasteiger partial charge on any atom is -0.442 e. The number of benzene rings is 1. The molecule has 1 aromatic carbocycles. The van der Waals surface area contributed by atoms with Crippen molar-refractivity contribution in [2.24, 2.45) is 0 Å². The number of oxazole rings is 1. The lowest BCUT2D eigenvalue weighted by Gasteiger charge is -2.25. The molecule has 3 heterocycles. The number of hydrogen-bond donors (Lipinski definition) is 0. The van der Waals surface area contributed by atoms with E-state index in [0.717, 1.165) is 17.0 Å². The summed E-state index contributed by atoms with van der Waals surface area (Å²) in [4.78, 5) is 30.8. The maximum atomic E-state index is 12.6. The molecule has 7 nitrogen and oxygen atoms in total. The zero-order valence-electron chi connectivity index (χ0n) is 16.3. The lowest BCUT2D eigenvalue weighted by Crippen LogP contribution is -2.36. The van der Waals surface area contributed by atoms with Crippen LogP contribution in [-0.4, -0.2) is 34.0 Å². The third kappa shape index (κ3) is 4.14. The highest BCUT2D eigenvalue weighted by molar-refractivity contribution is 5.76. The second-order valence-electron chi connectivity index (χ2n) is 7.00. The molecule has 0 fully saturated rings. The van der Waals surface area contributed by atoms with E-state index in [1.807, 2.05) is 30.3 Å². The molecular formula is C22H23N3O4. The van der Waals surface area contributed by atoms with Crippen molar-refractivity contribution in [1.82, 2.24) is 14.5 Å². The van der Waals surface area contributed by atoms with Gasteiger partial charge in [-0.2, -0.15) is 0 Å². The summed E-state index contributed by atoms with van der Waals surface area (Å²) < 4.78 is 13.1. The molecule has 0 aliphatic carbocycles. The summed E-state index contributed by atoms with van der Waals surface area (Å²) in [5, 5.41) is 0. The quantitative estimate of drug-likeness (QED) is 0.643. The molecular weight excluding hydrogens is 370 g/mol. The topological polar surface area (TPSA) is 77.6 Å². The van der Waals surface area contributed by atoms with Gasteiger partial charge in [-0.05, 0) is 11.6 Å². The molecule has 0 N–H and O–H groups in total. The lowest BCUT2D eigenvalue weighted by molar-refractivity contribution is -0.132. The Morgan fingerprint density at radius 3 is 2.76 bits per heavy atom. The normalized spacial score (nSPS) is 14.4. The van der Waals surface area contributed by atoms with Crippen molar-refractivity contribution < 1.29 is 13.9 Å². The largest absolute Gasteiger partial charge is 0.442 e. The molecule has 1 unspecified atom stereocenters. The van der Waals surface area contributed by atoms with Crippen molar-refractivity contribution in [1.29, 1.82) is 0 Å². The first-order chi connectivity index (χ1) is 14.2. The predicted octanol–water partition coefficient (Wildman–Crippen LogP) is 2.55. The average molecular weight is 393 g/mol. The molecule has 0 saturated carbocycles. The van der Waals surface area contributed by atoms with Crippen molar-refractivity contribution in [3.8, 4) is 0 Å². The summed E-state index contributed by atoms with van der Waals surface area (Å²) in [6.45, 7) is 1.35. The van der Waals surface area contributed by atoms with E-state index in [-0.39, 0.29) is 24.0 Å². The lowest BCUT2D eigenvalue weighted by atomic mass is 10.1. The number of aromatic nitrogens is 2. The van der Waals surface area contributed by atoms with E-state index >= 15 is 0 Å². The molecule has 0 bridgehead atoms. The van der Waals surface area contributed by atoms with Gasteiger partial charge in [-0.15, -0.1) is 0 Å². The number of hydrogen-bond acceptors (Lipinski definition) is 5. The Hall–Kier alpha value is -3.19. The Morgan fingerprint density at radius 1 is 1.21 bits per heavy atom. The highest BCUT2D eigenvalue weighted by atomic mass is 16.5. The fraction of sp³-hybridized carbons (Fsp3) is 0.318.